The summed E-state index contributed by atoms with van der Waals surface area (Å²) in [5.41, 5.74) is 2.70. The quantitative estimate of drug-likeness (QED) is 0.435. The summed E-state index contributed by atoms with van der Waals surface area (Å²) in [6.45, 7) is 5.22. The molecule has 6 atom stereocenters. The van der Waals surface area contributed by atoms with Crippen molar-refractivity contribution in [2.45, 2.75) is 77.2 Å². The summed E-state index contributed by atoms with van der Waals surface area (Å²) in [5, 5.41) is 18.4. The van der Waals surface area contributed by atoms with Gasteiger partial charge in [-0.05, 0) is 92.6 Å². The Balaban J connectivity index is 1.17. The Kier molecular flexibility index (Phi) is 6.76. The average molecular weight is 489 g/mol. The SMILES string of the molecule is C#C[C@@]1(O)CC[C@H]2[C@@H]3CCC4=CC(=NOCC(=O)NCCc5ccccc5)CC[C@]4(C)[C@H]3CC[C@@]21C. The Morgan fingerprint density at radius 3 is 2.69 bits per heavy atom. The Morgan fingerprint density at radius 1 is 1.14 bits per heavy atom. The first-order chi connectivity index (χ1) is 17.3. The van der Waals surface area contributed by atoms with E-state index in [2.05, 4.69) is 48.4 Å². The second-order valence-corrected chi connectivity index (χ2v) is 11.9. The van der Waals surface area contributed by atoms with Crippen LogP contribution in [-0.2, 0) is 16.1 Å². The zero-order chi connectivity index (χ0) is 25.4. The molecule has 1 aromatic carbocycles. The average Bonchev–Trinajstić information content (AvgIpc) is 3.16. The summed E-state index contributed by atoms with van der Waals surface area (Å²) < 4.78 is 0. The first-order valence-corrected chi connectivity index (χ1v) is 13.7. The van der Waals surface area contributed by atoms with Gasteiger partial charge in [0.1, 0.15) is 5.60 Å². The number of aliphatic hydroxyl groups is 1. The first kappa shape index (κ1) is 25.1. The Bertz CT molecular complexity index is 1090. The number of amides is 1. The standard InChI is InChI=1S/C31H40N2O3/c1-4-31(35)18-14-27-25-11-10-23-20-24(12-16-29(23,2)26(25)13-17-30(27,31)3)33-36-21-28(34)32-19-15-22-8-6-5-7-9-22/h1,5-9,20,25-27,35H,10-19,21H2,2-3H3,(H,32,34)/t25-,26+,27+,29+,30+,31-/m1/s1. The predicted molar refractivity (Wildman–Crippen MR) is 142 cm³/mol. The van der Waals surface area contributed by atoms with Crippen LogP contribution in [0, 0.1) is 40.9 Å². The van der Waals surface area contributed by atoms with Crippen LogP contribution >= 0.6 is 0 Å². The van der Waals surface area contributed by atoms with Crippen LogP contribution in [0.4, 0.5) is 0 Å². The highest BCUT2D eigenvalue weighted by Crippen LogP contribution is 2.67. The summed E-state index contributed by atoms with van der Waals surface area (Å²) in [6, 6.07) is 10.1. The van der Waals surface area contributed by atoms with Crippen molar-refractivity contribution >= 4 is 11.6 Å². The molecule has 1 amide bonds. The lowest BCUT2D eigenvalue weighted by molar-refractivity contribution is -0.125. The highest BCUT2D eigenvalue weighted by atomic mass is 16.6. The Morgan fingerprint density at radius 2 is 1.92 bits per heavy atom. The van der Waals surface area contributed by atoms with Gasteiger partial charge in [-0.2, -0.15) is 0 Å². The minimum absolute atomic E-state index is 0.0538. The highest BCUT2D eigenvalue weighted by molar-refractivity contribution is 5.96. The van der Waals surface area contributed by atoms with E-state index >= 15 is 0 Å². The Labute approximate surface area is 215 Å². The number of hydrogen-bond acceptors (Lipinski definition) is 4. The van der Waals surface area contributed by atoms with E-state index in [1.807, 2.05) is 18.2 Å². The van der Waals surface area contributed by atoms with Crippen molar-refractivity contribution in [2.24, 2.45) is 33.7 Å². The van der Waals surface area contributed by atoms with Crippen LogP contribution in [0.5, 0.6) is 0 Å². The van der Waals surface area contributed by atoms with Gasteiger partial charge in [0.15, 0.2) is 6.61 Å². The summed E-state index contributed by atoms with van der Waals surface area (Å²) >= 11 is 0. The molecule has 0 heterocycles. The fourth-order valence-corrected chi connectivity index (χ4v) is 8.11. The molecule has 0 bridgehead atoms. The fraction of sp³-hybridized carbons (Fsp3) is 0.613. The van der Waals surface area contributed by atoms with Crippen LogP contribution in [0.1, 0.15) is 70.8 Å². The normalized spacial score (nSPS) is 38.2. The van der Waals surface area contributed by atoms with E-state index in [1.54, 1.807) is 0 Å². The van der Waals surface area contributed by atoms with Crippen molar-refractivity contribution in [3.8, 4) is 12.3 Å². The number of oxime groups is 1. The van der Waals surface area contributed by atoms with E-state index < -0.39 is 5.60 Å². The predicted octanol–water partition coefficient (Wildman–Crippen LogP) is 5.05. The summed E-state index contributed by atoms with van der Waals surface area (Å²) in [6.07, 6.45) is 16.9. The molecule has 0 spiro atoms. The van der Waals surface area contributed by atoms with Gasteiger partial charge in [0.2, 0.25) is 0 Å². The third kappa shape index (κ3) is 4.28. The van der Waals surface area contributed by atoms with E-state index in [0.717, 1.165) is 63.5 Å². The lowest BCUT2D eigenvalue weighted by Gasteiger charge is -2.58. The summed E-state index contributed by atoms with van der Waals surface area (Å²) in [5.74, 6) is 4.41. The van der Waals surface area contributed by atoms with Gasteiger partial charge in [-0.15, -0.1) is 6.42 Å². The molecule has 5 heteroatoms. The lowest BCUT2D eigenvalue weighted by Crippen LogP contribution is -2.54. The van der Waals surface area contributed by atoms with E-state index in [-0.39, 0.29) is 23.3 Å². The molecule has 4 aliphatic rings. The molecule has 0 aromatic heterocycles. The van der Waals surface area contributed by atoms with E-state index in [4.69, 9.17) is 11.3 Å². The molecular weight excluding hydrogens is 448 g/mol. The Hall–Kier alpha value is -2.58. The second-order valence-electron chi connectivity index (χ2n) is 11.9. The van der Waals surface area contributed by atoms with Crippen LogP contribution in [0.25, 0.3) is 0 Å². The number of fused-ring (bicyclic) bond motifs is 5. The number of nitrogens with zero attached hydrogens (tertiary/aromatic N) is 1. The number of carbonyl (C=O) groups excluding carboxylic acids is 1. The lowest BCUT2D eigenvalue weighted by atomic mass is 9.46. The topological polar surface area (TPSA) is 70.9 Å². The molecule has 2 N–H and O–H groups in total. The van der Waals surface area contributed by atoms with Crippen molar-refractivity contribution in [1.29, 1.82) is 0 Å². The maximum atomic E-state index is 12.1. The molecule has 0 saturated heterocycles. The van der Waals surface area contributed by atoms with Gasteiger partial charge in [0.05, 0.1) is 5.71 Å². The molecule has 0 aliphatic heterocycles. The monoisotopic (exact) mass is 488 g/mol. The summed E-state index contributed by atoms with van der Waals surface area (Å²) in [4.78, 5) is 17.6. The van der Waals surface area contributed by atoms with Crippen molar-refractivity contribution < 1.29 is 14.7 Å². The molecule has 0 radical (unpaired) electrons. The largest absolute Gasteiger partial charge is 0.385 e. The molecule has 4 aliphatic carbocycles. The number of terminal acetylenes is 1. The minimum atomic E-state index is -0.947. The molecule has 5 nitrogen and oxygen atoms in total. The van der Waals surface area contributed by atoms with Crippen molar-refractivity contribution in [2.75, 3.05) is 13.2 Å². The molecule has 5 rings (SSSR count). The van der Waals surface area contributed by atoms with Crippen LogP contribution in [-0.4, -0.2) is 35.5 Å². The van der Waals surface area contributed by atoms with Crippen LogP contribution in [0.3, 0.4) is 0 Å². The van der Waals surface area contributed by atoms with Gasteiger partial charge in [-0.25, -0.2) is 0 Å². The van der Waals surface area contributed by atoms with Crippen molar-refractivity contribution in [3.05, 3.63) is 47.5 Å². The molecule has 3 saturated carbocycles. The number of hydrogen-bond donors (Lipinski definition) is 2. The van der Waals surface area contributed by atoms with E-state index in [9.17, 15) is 9.90 Å². The van der Waals surface area contributed by atoms with E-state index in [0.29, 0.717) is 24.3 Å². The number of benzene rings is 1. The van der Waals surface area contributed by atoms with Gasteiger partial charge in [-0.1, -0.05) is 60.8 Å². The van der Waals surface area contributed by atoms with Crippen molar-refractivity contribution in [1.82, 2.24) is 5.32 Å². The summed E-state index contributed by atoms with van der Waals surface area (Å²) in [7, 11) is 0. The smallest absolute Gasteiger partial charge is 0.260 e. The molecule has 3 fully saturated rings. The second kappa shape index (κ2) is 9.71. The molecule has 1 aromatic rings. The van der Waals surface area contributed by atoms with Gasteiger partial charge < -0.3 is 15.3 Å². The third-order valence-electron chi connectivity index (χ3n) is 10.3. The number of carbonyl (C=O) groups is 1. The van der Waals surface area contributed by atoms with Gasteiger partial charge >= 0.3 is 0 Å². The first-order valence-electron chi connectivity index (χ1n) is 13.7. The van der Waals surface area contributed by atoms with Crippen LogP contribution < -0.4 is 5.32 Å². The zero-order valence-corrected chi connectivity index (χ0v) is 21.8. The van der Waals surface area contributed by atoms with Gasteiger partial charge in [-0.3, -0.25) is 4.79 Å². The maximum Gasteiger partial charge on any atom is 0.260 e. The van der Waals surface area contributed by atoms with Crippen molar-refractivity contribution in [3.63, 3.8) is 0 Å². The molecule has 192 valence electrons. The van der Waals surface area contributed by atoms with Gasteiger partial charge in [0, 0.05) is 12.0 Å². The third-order valence-corrected chi connectivity index (χ3v) is 10.3. The molecule has 0 unspecified atom stereocenters. The highest BCUT2D eigenvalue weighted by Gasteiger charge is 2.63. The zero-order valence-electron chi connectivity index (χ0n) is 21.8. The van der Waals surface area contributed by atoms with Crippen LogP contribution in [0.2, 0.25) is 0 Å². The van der Waals surface area contributed by atoms with Gasteiger partial charge in [0.25, 0.3) is 5.91 Å². The fourth-order valence-electron chi connectivity index (χ4n) is 8.11. The number of allylic oxidation sites excluding steroid dienone is 2. The van der Waals surface area contributed by atoms with E-state index in [1.165, 1.54) is 11.1 Å². The minimum Gasteiger partial charge on any atom is -0.385 e. The number of nitrogens with one attached hydrogen (secondary N) is 1. The number of rotatable bonds is 6. The molecule has 36 heavy (non-hydrogen) atoms. The molecular formula is C31H40N2O3. The van der Waals surface area contributed by atoms with Crippen LogP contribution in [0.15, 0.2) is 47.1 Å². The maximum absolute atomic E-state index is 12.1.